The van der Waals surface area contributed by atoms with Crippen molar-refractivity contribution in [3.8, 4) is 17.0 Å². The first-order valence-corrected chi connectivity index (χ1v) is 10.2. The molecule has 5 rings (SSSR count). The summed E-state index contributed by atoms with van der Waals surface area (Å²) < 4.78 is 7.31. The van der Waals surface area contributed by atoms with E-state index in [1.807, 2.05) is 12.3 Å². The van der Waals surface area contributed by atoms with Crippen molar-refractivity contribution < 1.29 is 4.74 Å². The molecule has 1 saturated carbocycles. The molecule has 0 amide bonds. The van der Waals surface area contributed by atoms with E-state index in [0.717, 1.165) is 47.2 Å². The lowest BCUT2D eigenvalue weighted by molar-refractivity contribution is 0.416. The minimum absolute atomic E-state index is 0.297. The van der Waals surface area contributed by atoms with Crippen molar-refractivity contribution in [1.82, 2.24) is 24.6 Å². The summed E-state index contributed by atoms with van der Waals surface area (Å²) in [4.78, 5) is 13.0. The second-order valence-corrected chi connectivity index (χ2v) is 8.30. The van der Waals surface area contributed by atoms with E-state index in [9.17, 15) is 0 Å². The second-order valence-electron chi connectivity index (χ2n) is 8.30. The third-order valence-corrected chi connectivity index (χ3v) is 6.02. The quantitative estimate of drug-likeness (QED) is 0.549. The molecule has 7 nitrogen and oxygen atoms in total. The Balaban J connectivity index is 1.69. The van der Waals surface area contributed by atoms with Crippen LogP contribution < -0.4 is 10.5 Å². The van der Waals surface area contributed by atoms with Crippen molar-refractivity contribution in [3.63, 3.8) is 0 Å². The molecule has 1 aliphatic rings. The van der Waals surface area contributed by atoms with E-state index in [1.54, 1.807) is 11.6 Å². The number of hydrogen-bond donors (Lipinski definition) is 2. The summed E-state index contributed by atoms with van der Waals surface area (Å²) in [6, 6.07) is 6.61. The lowest BCUT2D eigenvalue weighted by atomic mass is 9.97. The van der Waals surface area contributed by atoms with Crippen LogP contribution in [0.2, 0.25) is 0 Å². The molecular weight excluding hydrogens is 364 g/mol. The number of nitrogens with two attached hydrogens (primary N) is 1. The van der Waals surface area contributed by atoms with Gasteiger partial charge < -0.3 is 15.5 Å². The zero-order chi connectivity index (χ0) is 20.1. The van der Waals surface area contributed by atoms with Gasteiger partial charge in [0.05, 0.1) is 23.8 Å². The number of fused-ring (bicyclic) bond motifs is 2. The van der Waals surface area contributed by atoms with E-state index in [1.165, 1.54) is 11.9 Å². The highest BCUT2D eigenvalue weighted by Gasteiger charge is 2.26. The fraction of sp³-hybridized carbons (Fsp3) is 0.409. The van der Waals surface area contributed by atoms with Gasteiger partial charge in [0.25, 0.3) is 0 Å². The van der Waals surface area contributed by atoms with Crippen molar-refractivity contribution >= 4 is 16.7 Å². The summed E-state index contributed by atoms with van der Waals surface area (Å²) >= 11 is 0. The SMILES string of the molecule is COc1cc(-c2[nH]c3ccc([C@H]4CC[C@H](N)C4)nc3c2C(C)C)cn2ncnc12. The van der Waals surface area contributed by atoms with Gasteiger partial charge in [0.1, 0.15) is 6.33 Å². The number of pyridine rings is 2. The number of nitrogens with zero attached hydrogens (tertiary/aromatic N) is 4. The summed E-state index contributed by atoms with van der Waals surface area (Å²) in [5.74, 6) is 1.46. The van der Waals surface area contributed by atoms with Crippen molar-refractivity contribution in [2.24, 2.45) is 5.73 Å². The van der Waals surface area contributed by atoms with Crippen LogP contribution in [-0.4, -0.2) is 37.7 Å². The maximum atomic E-state index is 6.14. The molecule has 0 aliphatic heterocycles. The summed E-state index contributed by atoms with van der Waals surface area (Å²) in [6.07, 6.45) is 6.74. The molecule has 7 heteroatoms. The largest absolute Gasteiger partial charge is 0.493 e. The first-order valence-electron chi connectivity index (χ1n) is 10.2. The highest BCUT2D eigenvalue weighted by Crippen LogP contribution is 2.38. The molecule has 0 saturated heterocycles. The van der Waals surface area contributed by atoms with Gasteiger partial charge in [0.15, 0.2) is 11.4 Å². The fourth-order valence-electron chi connectivity index (χ4n) is 4.59. The first kappa shape index (κ1) is 18.1. The van der Waals surface area contributed by atoms with Gasteiger partial charge in [-0.05, 0) is 43.4 Å². The number of ether oxygens (including phenoxy) is 1. The standard InChI is InChI=1S/C22H26N6O/c1-12(2)19-20(14-9-18(29-3)22-24-11-25-28(22)10-14)27-17-7-6-16(26-21(17)19)13-4-5-15(23)8-13/h6-7,9-13,15,27H,4-5,8,23H2,1-3H3/t13-,15-/m0/s1. The fourth-order valence-corrected chi connectivity index (χ4v) is 4.59. The Kier molecular flexibility index (Phi) is 4.28. The zero-order valence-electron chi connectivity index (χ0n) is 17.0. The molecule has 0 bridgehead atoms. The number of methoxy groups -OCH3 is 1. The van der Waals surface area contributed by atoms with E-state index in [4.69, 9.17) is 15.5 Å². The molecule has 4 aromatic heterocycles. The highest BCUT2D eigenvalue weighted by molar-refractivity contribution is 5.89. The number of hydrogen-bond acceptors (Lipinski definition) is 5. The normalized spacial score (nSPS) is 19.6. The smallest absolute Gasteiger partial charge is 0.197 e. The molecule has 2 atom stereocenters. The molecule has 150 valence electrons. The Morgan fingerprint density at radius 2 is 2.14 bits per heavy atom. The monoisotopic (exact) mass is 390 g/mol. The molecule has 0 radical (unpaired) electrons. The highest BCUT2D eigenvalue weighted by atomic mass is 16.5. The van der Waals surface area contributed by atoms with Gasteiger partial charge >= 0.3 is 0 Å². The van der Waals surface area contributed by atoms with Crippen LogP contribution in [0.5, 0.6) is 5.75 Å². The van der Waals surface area contributed by atoms with E-state index in [0.29, 0.717) is 29.3 Å². The maximum Gasteiger partial charge on any atom is 0.197 e. The minimum Gasteiger partial charge on any atom is -0.493 e. The summed E-state index contributed by atoms with van der Waals surface area (Å²) in [6.45, 7) is 4.41. The topological polar surface area (TPSA) is 94.1 Å². The van der Waals surface area contributed by atoms with Crippen LogP contribution in [0.25, 0.3) is 27.9 Å². The van der Waals surface area contributed by atoms with Gasteiger partial charge in [-0.2, -0.15) is 5.10 Å². The van der Waals surface area contributed by atoms with E-state index < -0.39 is 0 Å². The third kappa shape index (κ3) is 2.97. The third-order valence-electron chi connectivity index (χ3n) is 6.02. The van der Waals surface area contributed by atoms with Crippen LogP contribution in [0.3, 0.4) is 0 Å². The van der Waals surface area contributed by atoms with Crippen molar-refractivity contribution in [2.45, 2.75) is 51.0 Å². The van der Waals surface area contributed by atoms with Crippen molar-refractivity contribution in [2.75, 3.05) is 7.11 Å². The van der Waals surface area contributed by atoms with Crippen LogP contribution in [0.15, 0.2) is 30.7 Å². The van der Waals surface area contributed by atoms with Gasteiger partial charge in [0.2, 0.25) is 0 Å². The second kappa shape index (κ2) is 6.84. The molecule has 4 aromatic rings. The van der Waals surface area contributed by atoms with E-state index in [2.05, 4.69) is 41.0 Å². The Hall–Kier alpha value is -2.93. The van der Waals surface area contributed by atoms with Crippen LogP contribution in [0.4, 0.5) is 0 Å². The molecular formula is C22H26N6O. The van der Waals surface area contributed by atoms with Crippen molar-refractivity contribution in [3.05, 3.63) is 42.0 Å². The number of rotatable bonds is 4. The Morgan fingerprint density at radius 1 is 1.28 bits per heavy atom. The number of H-pyrrole nitrogens is 1. The summed E-state index contributed by atoms with van der Waals surface area (Å²) in [5.41, 5.74) is 13.4. The number of nitrogens with one attached hydrogen (secondary N) is 1. The maximum absolute atomic E-state index is 6.14. The van der Waals surface area contributed by atoms with Crippen LogP contribution in [0, 0.1) is 0 Å². The predicted molar refractivity (Wildman–Crippen MR) is 113 cm³/mol. The van der Waals surface area contributed by atoms with Gasteiger partial charge in [-0.1, -0.05) is 13.8 Å². The van der Waals surface area contributed by atoms with Gasteiger partial charge in [0, 0.05) is 35.0 Å². The molecule has 0 spiro atoms. The molecule has 0 aromatic carbocycles. The predicted octanol–water partition coefficient (Wildman–Crippen LogP) is 4.00. The van der Waals surface area contributed by atoms with E-state index in [-0.39, 0.29) is 0 Å². The van der Waals surface area contributed by atoms with E-state index >= 15 is 0 Å². The summed E-state index contributed by atoms with van der Waals surface area (Å²) in [5, 5.41) is 4.30. The van der Waals surface area contributed by atoms with Crippen LogP contribution in [-0.2, 0) is 0 Å². The lowest BCUT2D eigenvalue weighted by Crippen LogP contribution is -2.14. The molecule has 1 aliphatic carbocycles. The molecule has 29 heavy (non-hydrogen) atoms. The lowest BCUT2D eigenvalue weighted by Gasteiger charge is -2.12. The average Bonchev–Trinajstić information content (AvgIpc) is 3.43. The Morgan fingerprint density at radius 3 is 2.86 bits per heavy atom. The van der Waals surface area contributed by atoms with Crippen molar-refractivity contribution in [1.29, 1.82) is 0 Å². The zero-order valence-corrected chi connectivity index (χ0v) is 17.0. The minimum atomic E-state index is 0.297. The molecule has 3 N–H and O–H groups in total. The Labute approximate surface area is 169 Å². The van der Waals surface area contributed by atoms with Crippen LogP contribution in [0.1, 0.15) is 56.2 Å². The number of aromatic amines is 1. The molecule has 1 fully saturated rings. The Bertz CT molecular complexity index is 1190. The molecule has 4 heterocycles. The number of aromatic nitrogens is 5. The van der Waals surface area contributed by atoms with Crippen LogP contribution >= 0.6 is 0 Å². The molecule has 0 unspecified atom stereocenters. The van der Waals surface area contributed by atoms with Gasteiger partial charge in [-0.15, -0.1) is 0 Å². The average molecular weight is 390 g/mol. The van der Waals surface area contributed by atoms with Gasteiger partial charge in [-0.25, -0.2) is 9.50 Å². The summed E-state index contributed by atoms with van der Waals surface area (Å²) in [7, 11) is 1.66. The first-order chi connectivity index (χ1) is 14.0. The van der Waals surface area contributed by atoms with Gasteiger partial charge in [-0.3, -0.25) is 4.98 Å².